The van der Waals surface area contributed by atoms with E-state index >= 15 is 0 Å². The molecule has 0 aromatic carbocycles. The summed E-state index contributed by atoms with van der Waals surface area (Å²) in [5, 5.41) is 8.40. The third-order valence-electron chi connectivity index (χ3n) is 4.26. The van der Waals surface area contributed by atoms with Crippen molar-refractivity contribution in [3.8, 4) is 0 Å². The normalized spacial score (nSPS) is 33.5. The van der Waals surface area contributed by atoms with Gasteiger partial charge in [-0.15, -0.1) is 0 Å². The molecule has 0 aromatic rings. The van der Waals surface area contributed by atoms with Gasteiger partial charge in [0.25, 0.3) is 0 Å². The van der Waals surface area contributed by atoms with Crippen LogP contribution in [-0.4, -0.2) is 31.1 Å². The Bertz CT molecular complexity index is 354. The van der Waals surface area contributed by atoms with E-state index in [2.05, 4.69) is 29.8 Å². The molecule has 2 aliphatic rings. The Balaban J connectivity index is 1.74. The van der Waals surface area contributed by atoms with Gasteiger partial charge in [0.1, 0.15) is 6.04 Å². The maximum absolute atomic E-state index is 11.7. The third-order valence-corrected chi connectivity index (χ3v) is 4.26. The molecule has 3 N–H and O–H groups in total. The molecule has 1 saturated carbocycles. The van der Waals surface area contributed by atoms with Crippen LogP contribution in [0.25, 0.3) is 0 Å². The van der Waals surface area contributed by atoms with Gasteiger partial charge in [0.2, 0.25) is 5.91 Å². The van der Waals surface area contributed by atoms with Crippen molar-refractivity contribution in [1.29, 1.82) is 0 Å². The summed E-state index contributed by atoms with van der Waals surface area (Å²) in [6.07, 6.45) is 2.07. The monoisotopic (exact) mass is 253 g/mol. The van der Waals surface area contributed by atoms with Crippen molar-refractivity contribution in [2.75, 3.05) is 13.1 Å². The van der Waals surface area contributed by atoms with Gasteiger partial charge in [0.05, 0.1) is 0 Å². The van der Waals surface area contributed by atoms with Crippen molar-refractivity contribution in [2.45, 2.75) is 39.7 Å². The van der Waals surface area contributed by atoms with Crippen molar-refractivity contribution in [3.63, 3.8) is 0 Å². The Kier molecular flexibility index (Phi) is 3.50. The van der Waals surface area contributed by atoms with E-state index in [1.165, 1.54) is 0 Å². The number of hydrogen-bond acceptors (Lipinski definition) is 2. The molecule has 0 radical (unpaired) electrons. The minimum atomic E-state index is -0.397. The van der Waals surface area contributed by atoms with E-state index in [4.69, 9.17) is 0 Å². The highest BCUT2D eigenvalue weighted by molar-refractivity contribution is 5.87. The molecule has 3 unspecified atom stereocenters. The standard InChI is InChI=1S/C13H23N3O2/c1-8-4-5-14-11(17)10(8)16-12(18)15-7-9-6-13(9,2)3/h8-10H,4-7H2,1-3H3,(H,14,17)(H2,15,16,18). The molecule has 5 heteroatoms. The topological polar surface area (TPSA) is 70.2 Å². The smallest absolute Gasteiger partial charge is 0.315 e. The number of amides is 3. The second kappa shape index (κ2) is 4.78. The molecule has 18 heavy (non-hydrogen) atoms. The van der Waals surface area contributed by atoms with Gasteiger partial charge in [-0.05, 0) is 30.1 Å². The molecule has 1 heterocycles. The Hall–Kier alpha value is -1.26. The largest absolute Gasteiger partial charge is 0.354 e. The second-order valence-electron chi connectivity index (χ2n) is 6.28. The average Bonchev–Trinajstić information content (AvgIpc) is 2.89. The lowest BCUT2D eigenvalue weighted by Crippen LogP contribution is -2.56. The zero-order chi connectivity index (χ0) is 13.3. The lowest BCUT2D eigenvalue weighted by Gasteiger charge is -2.29. The molecule has 3 atom stereocenters. The predicted molar refractivity (Wildman–Crippen MR) is 69.0 cm³/mol. The number of rotatable bonds is 3. The van der Waals surface area contributed by atoms with Crippen LogP contribution in [0, 0.1) is 17.3 Å². The molecular weight excluding hydrogens is 230 g/mol. The molecule has 102 valence electrons. The zero-order valence-corrected chi connectivity index (χ0v) is 11.4. The van der Waals surface area contributed by atoms with E-state index in [1.54, 1.807) is 0 Å². The third kappa shape index (κ3) is 2.94. The molecule has 1 aliphatic heterocycles. The Morgan fingerprint density at radius 2 is 2.17 bits per heavy atom. The van der Waals surface area contributed by atoms with Crippen molar-refractivity contribution in [2.24, 2.45) is 17.3 Å². The zero-order valence-electron chi connectivity index (χ0n) is 11.4. The first kappa shape index (κ1) is 13.2. The second-order valence-corrected chi connectivity index (χ2v) is 6.28. The highest BCUT2D eigenvalue weighted by Gasteiger charge is 2.45. The molecule has 2 fully saturated rings. The summed E-state index contributed by atoms with van der Waals surface area (Å²) in [4.78, 5) is 23.4. The summed E-state index contributed by atoms with van der Waals surface area (Å²) in [5.41, 5.74) is 0.364. The molecule has 2 rings (SSSR count). The van der Waals surface area contributed by atoms with Gasteiger partial charge >= 0.3 is 6.03 Å². The van der Waals surface area contributed by atoms with Crippen LogP contribution in [0.15, 0.2) is 0 Å². The van der Waals surface area contributed by atoms with Crippen LogP contribution in [0.1, 0.15) is 33.6 Å². The van der Waals surface area contributed by atoms with Crippen molar-refractivity contribution >= 4 is 11.9 Å². The van der Waals surface area contributed by atoms with Crippen LogP contribution in [0.2, 0.25) is 0 Å². The van der Waals surface area contributed by atoms with Gasteiger partial charge in [-0.1, -0.05) is 20.8 Å². The molecule has 0 aromatic heterocycles. The summed E-state index contributed by atoms with van der Waals surface area (Å²) in [5.74, 6) is 0.693. The van der Waals surface area contributed by atoms with E-state index in [9.17, 15) is 9.59 Å². The Labute approximate surface area is 108 Å². The number of piperidine rings is 1. The number of carbonyl (C=O) groups is 2. The minimum absolute atomic E-state index is 0.0735. The maximum Gasteiger partial charge on any atom is 0.315 e. The molecule has 0 bridgehead atoms. The van der Waals surface area contributed by atoms with Crippen LogP contribution in [0.4, 0.5) is 4.79 Å². The molecule has 0 spiro atoms. The van der Waals surface area contributed by atoms with E-state index in [0.717, 1.165) is 12.8 Å². The van der Waals surface area contributed by atoms with Gasteiger partial charge in [-0.25, -0.2) is 4.79 Å². The van der Waals surface area contributed by atoms with Crippen LogP contribution < -0.4 is 16.0 Å². The first-order valence-electron chi connectivity index (χ1n) is 6.72. The van der Waals surface area contributed by atoms with Crippen LogP contribution in [-0.2, 0) is 4.79 Å². The highest BCUT2D eigenvalue weighted by Crippen LogP contribution is 2.50. The predicted octanol–water partition coefficient (Wildman–Crippen LogP) is 0.856. The fourth-order valence-electron chi connectivity index (χ4n) is 2.50. The summed E-state index contributed by atoms with van der Waals surface area (Å²) in [7, 11) is 0. The van der Waals surface area contributed by atoms with E-state index < -0.39 is 6.04 Å². The van der Waals surface area contributed by atoms with Crippen LogP contribution >= 0.6 is 0 Å². The molecule has 1 aliphatic carbocycles. The first-order valence-corrected chi connectivity index (χ1v) is 6.72. The number of nitrogens with one attached hydrogen (secondary N) is 3. The number of hydrogen-bond donors (Lipinski definition) is 3. The SMILES string of the molecule is CC1CCNC(=O)C1NC(=O)NCC1CC1(C)C. The molecule has 5 nitrogen and oxygen atoms in total. The number of urea groups is 1. The Morgan fingerprint density at radius 3 is 2.72 bits per heavy atom. The fraction of sp³-hybridized carbons (Fsp3) is 0.846. The molecule has 1 saturated heterocycles. The fourth-order valence-corrected chi connectivity index (χ4v) is 2.50. The van der Waals surface area contributed by atoms with Gasteiger partial charge in [-0.3, -0.25) is 4.79 Å². The lowest BCUT2D eigenvalue weighted by molar-refractivity contribution is -0.125. The quantitative estimate of drug-likeness (QED) is 0.698. The van der Waals surface area contributed by atoms with E-state index in [0.29, 0.717) is 24.4 Å². The van der Waals surface area contributed by atoms with E-state index in [-0.39, 0.29) is 17.9 Å². The van der Waals surface area contributed by atoms with E-state index in [1.807, 2.05) is 6.92 Å². The molecule has 3 amide bonds. The van der Waals surface area contributed by atoms with Crippen molar-refractivity contribution < 1.29 is 9.59 Å². The van der Waals surface area contributed by atoms with Gasteiger partial charge in [-0.2, -0.15) is 0 Å². The highest BCUT2D eigenvalue weighted by atomic mass is 16.2. The first-order chi connectivity index (χ1) is 8.40. The summed E-state index contributed by atoms with van der Waals surface area (Å²) in [6, 6.07) is -0.627. The summed E-state index contributed by atoms with van der Waals surface area (Å²) in [6.45, 7) is 7.80. The van der Waals surface area contributed by atoms with Gasteiger partial charge in [0, 0.05) is 13.1 Å². The van der Waals surface area contributed by atoms with Crippen molar-refractivity contribution in [1.82, 2.24) is 16.0 Å². The van der Waals surface area contributed by atoms with Crippen LogP contribution in [0.5, 0.6) is 0 Å². The summed E-state index contributed by atoms with van der Waals surface area (Å²) >= 11 is 0. The van der Waals surface area contributed by atoms with Gasteiger partial charge in [0.15, 0.2) is 0 Å². The molecular formula is C13H23N3O2. The average molecular weight is 253 g/mol. The van der Waals surface area contributed by atoms with Gasteiger partial charge < -0.3 is 16.0 Å². The van der Waals surface area contributed by atoms with Crippen LogP contribution in [0.3, 0.4) is 0 Å². The number of carbonyl (C=O) groups excluding carboxylic acids is 2. The Morgan fingerprint density at radius 1 is 1.50 bits per heavy atom. The minimum Gasteiger partial charge on any atom is -0.354 e. The van der Waals surface area contributed by atoms with Crippen molar-refractivity contribution in [3.05, 3.63) is 0 Å². The summed E-state index contributed by atoms with van der Waals surface area (Å²) < 4.78 is 0. The lowest BCUT2D eigenvalue weighted by atomic mass is 9.94. The maximum atomic E-state index is 11.7.